The minimum absolute atomic E-state index is 0.151. The molecule has 3 atom stereocenters. The van der Waals surface area contributed by atoms with Gasteiger partial charge in [-0.1, -0.05) is 36.8 Å². The van der Waals surface area contributed by atoms with E-state index in [-0.39, 0.29) is 49.3 Å². The lowest BCUT2D eigenvalue weighted by atomic mass is 9.73. The number of hydrogen-bond acceptors (Lipinski definition) is 3. The van der Waals surface area contributed by atoms with Crippen LogP contribution < -0.4 is 5.32 Å². The summed E-state index contributed by atoms with van der Waals surface area (Å²) >= 11 is 0. The van der Waals surface area contributed by atoms with Gasteiger partial charge in [-0.3, -0.25) is 4.79 Å². The molecule has 35 heavy (non-hydrogen) atoms. The summed E-state index contributed by atoms with van der Waals surface area (Å²) in [6, 6.07) is 9.29. The predicted molar refractivity (Wildman–Crippen MR) is 126 cm³/mol. The fraction of sp³-hybridized carbons (Fsp3) is 0.407. The SMILES string of the molecule is O=C(Nc1cc(F)ccc1F)N1CC(=O)N2[C@H](CO)[C@H](c3ccc(C#CC4CCCC4)cc3)[C@H]2C1. The Morgan fingerprint density at radius 3 is 2.57 bits per heavy atom. The topological polar surface area (TPSA) is 72.9 Å². The zero-order valence-corrected chi connectivity index (χ0v) is 19.2. The molecule has 8 heteroatoms. The van der Waals surface area contributed by atoms with Crippen molar-refractivity contribution in [1.82, 2.24) is 9.80 Å². The van der Waals surface area contributed by atoms with Crippen molar-refractivity contribution >= 4 is 17.6 Å². The highest BCUT2D eigenvalue weighted by Crippen LogP contribution is 2.43. The average molecular weight is 480 g/mol. The lowest BCUT2D eigenvalue weighted by Gasteiger charge is -2.58. The van der Waals surface area contributed by atoms with Crippen molar-refractivity contribution < 1.29 is 23.5 Å². The summed E-state index contributed by atoms with van der Waals surface area (Å²) in [5.41, 5.74) is 1.61. The summed E-state index contributed by atoms with van der Waals surface area (Å²) in [6.45, 7) is -0.159. The minimum Gasteiger partial charge on any atom is -0.394 e. The maximum absolute atomic E-state index is 14.0. The number of nitrogens with zero attached hydrogens (tertiary/aromatic N) is 2. The molecule has 0 spiro atoms. The van der Waals surface area contributed by atoms with Crippen molar-refractivity contribution in [2.24, 2.45) is 5.92 Å². The molecule has 3 fully saturated rings. The van der Waals surface area contributed by atoms with Gasteiger partial charge in [0.15, 0.2) is 0 Å². The van der Waals surface area contributed by atoms with Crippen LogP contribution in [0.25, 0.3) is 0 Å². The Morgan fingerprint density at radius 1 is 1.11 bits per heavy atom. The molecule has 2 N–H and O–H groups in total. The van der Waals surface area contributed by atoms with Crippen LogP contribution in [-0.4, -0.2) is 58.6 Å². The molecule has 2 aromatic rings. The zero-order valence-electron chi connectivity index (χ0n) is 19.2. The van der Waals surface area contributed by atoms with E-state index in [4.69, 9.17) is 0 Å². The van der Waals surface area contributed by atoms with Crippen molar-refractivity contribution in [3.05, 3.63) is 65.2 Å². The maximum Gasteiger partial charge on any atom is 0.322 e. The van der Waals surface area contributed by atoms with Gasteiger partial charge in [0.05, 0.1) is 24.4 Å². The van der Waals surface area contributed by atoms with Crippen LogP contribution in [0.5, 0.6) is 0 Å². The Kier molecular flexibility index (Phi) is 6.44. The van der Waals surface area contributed by atoms with Gasteiger partial charge >= 0.3 is 6.03 Å². The normalized spacial score (nSPS) is 23.9. The van der Waals surface area contributed by atoms with Crippen LogP contribution in [0.2, 0.25) is 0 Å². The van der Waals surface area contributed by atoms with E-state index in [1.54, 1.807) is 4.90 Å². The second-order valence-corrected chi connectivity index (χ2v) is 9.45. The number of piperazine rings is 1. The summed E-state index contributed by atoms with van der Waals surface area (Å²) < 4.78 is 27.4. The summed E-state index contributed by atoms with van der Waals surface area (Å²) in [4.78, 5) is 28.5. The highest BCUT2D eigenvalue weighted by molar-refractivity contribution is 5.94. The number of carbonyl (C=O) groups is 2. The van der Waals surface area contributed by atoms with Crippen molar-refractivity contribution in [1.29, 1.82) is 0 Å². The van der Waals surface area contributed by atoms with Crippen molar-refractivity contribution in [3.8, 4) is 11.8 Å². The lowest BCUT2D eigenvalue weighted by molar-refractivity contribution is -0.159. The number of fused-ring (bicyclic) bond motifs is 1. The first-order valence-corrected chi connectivity index (χ1v) is 12.0. The van der Waals surface area contributed by atoms with Crippen LogP contribution in [0.4, 0.5) is 19.3 Å². The van der Waals surface area contributed by atoms with E-state index in [2.05, 4.69) is 17.2 Å². The summed E-state index contributed by atoms with van der Waals surface area (Å²) in [6.07, 6.45) is 4.80. The molecule has 6 nitrogen and oxygen atoms in total. The van der Waals surface area contributed by atoms with Crippen LogP contribution in [0, 0.1) is 29.4 Å². The molecule has 3 aliphatic rings. The van der Waals surface area contributed by atoms with E-state index in [9.17, 15) is 23.5 Å². The molecule has 0 unspecified atom stereocenters. The first-order valence-electron chi connectivity index (χ1n) is 12.0. The molecule has 2 aromatic carbocycles. The highest BCUT2D eigenvalue weighted by Gasteiger charge is 2.54. The number of aliphatic hydroxyl groups is 1. The van der Waals surface area contributed by atoms with E-state index >= 15 is 0 Å². The van der Waals surface area contributed by atoms with Crippen LogP contribution in [0.3, 0.4) is 0 Å². The number of benzene rings is 2. The van der Waals surface area contributed by atoms with Crippen LogP contribution >= 0.6 is 0 Å². The standard InChI is InChI=1S/C27H27F2N3O3/c28-20-11-12-21(29)22(13-20)30-27(35)31-14-23-26(24(16-33)32(23)25(34)15-31)19-9-7-18(8-10-19)6-5-17-3-1-2-4-17/h7-13,17,23-24,26,33H,1-4,14-16H2,(H,30,35)/t23-,24-,26-/m1/s1. The van der Waals surface area contributed by atoms with Gasteiger partial charge in [-0.25, -0.2) is 13.6 Å². The number of rotatable bonds is 3. The summed E-state index contributed by atoms with van der Waals surface area (Å²) in [5.74, 6) is 5.19. The van der Waals surface area contributed by atoms with E-state index in [1.807, 2.05) is 24.3 Å². The van der Waals surface area contributed by atoms with Gasteiger partial charge in [-0.15, -0.1) is 0 Å². The number of nitrogens with one attached hydrogen (secondary N) is 1. The van der Waals surface area contributed by atoms with Gasteiger partial charge in [-0.05, 0) is 42.7 Å². The number of hydrogen-bond donors (Lipinski definition) is 2. The summed E-state index contributed by atoms with van der Waals surface area (Å²) in [5, 5.41) is 12.3. The second-order valence-electron chi connectivity index (χ2n) is 9.45. The van der Waals surface area contributed by atoms with Crippen molar-refractivity contribution in [2.75, 3.05) is 25.0 Å². The van der Waals surface area contributed by atoms with Crippen molar-refractivity contribution in [2.45, 2.75) is 43.7 Å². The van der Waals surface area contributed by atoms with Crippen LogP contribution in [-0.2, 0) is 4.79 Å². The molecule has 2 heterocycles. The monoisotopic (exact) mass is 479 g/mol. The number of amides is 3. The molecule has 2 aliphatic heterocycles. The third kappa shape index (κ3) is 4.61. The van der Waals surface area contributed by atoms with Gasteiger partial charge in [0.1, 0.15) is 18.2 Å². The fourth-order valence-corrected chi connectivity index (χ4v) is 5.49. The van der Waals surface area contributed by atoms with Gasteiger partial charge in [0, 0.05) is 30.0 Å². The fourth-order valence-electron chi connectivity index (χ4n) is 5.49. The molecular weight excluding hydrogens is 452 g/mol. The minimum atomic E-state index is -0.761. The summed E-state index contributed by atoms with van der Waals surface area (Å²) in [7, 11) is 0. The third-order valence-corrected chi connectivity index (χ3v) is 7.28. The number of aliphatic hydroxyl groups excluding tert-OH is 1. The smallest absolute Gasteiger partial charge is 0.322 e. The van der Waals surface area contributed by atoms with Gasteiger partial charge in [0.25, 0.3) is 0 Å². The molecule has 3 amide bonds. The molecule has 0 aromatic heterocycles. The predicted octanol–water partition coefficient (Wildman–Crippen LogP) is 3.71. The quantitative estimate of drug-likeness (QED) is 0.660. The first-order chi connectivity index (χ1) is 16.9. The number of anilines is 1. The maximum atomic E-state index is 14.0. The molecule has 5 rings (SSSR count). The lowest BCUT2D eigenvalue weighted by Crippen LogP contribution is -2.73. The number of carbonyl (C=O) groups excluding carboxylic acids is 2. The van der Waals surface area contributed by atoms with Crippen LogP contribution in [0.15, 0.2) is 42.5 Å². The second kappa shape index (κ2) is 9.67. The molecule has 0 bridgehead atoms. The van der Waals surface area contributed by atoms with E-state index in [1.165, 1.54) is 17.7 Å². The molecule has 182 valence electrons. The largest absolute Gasteiger partial charge is 0.394 e. The third-order valence-electron chi connectivity index (χ3n) is 7.28. The zero-order chi connectivity index (χ0) is 24.5. The van der Waals surface area contributed by atoms with Gasteiger partial charge in [-0.2, -0.15) is 0 Å². The van der Waals surface area contributed by atoms with E-state index in [0.29, 0.717) is 5.92 Å². The van der Waals surface area contributed by atoms with Crippen molar-refractivity contribution in [3.63, 3.8) is 0 Å². The van der Waals surface area contributed by atoms with Crippen LogP contribution in [0.1, 0.15) is 42.7 Å². The van der Waals surface area contributed by atoms with E-state index < -0.39 is 17.7 Å². The molecular formula is C27H27F2N3O3. The Balaban J connectivity index is 1.30. The highest BCUT2D eigenvalue weighted by atomic mass is 19.1. The number of halogens is 2. The van der Waals surface area contributed by atoms with Gasteiger partial charge < -0.3 is 20.2 Å². The molecule has 0 radical (unpaired) electrons. The Bertz CT molecular complexity index is 1180. The Hall–Kier alpha value is -3.44. The van der Waals surface area contributed by atoms with E-state index in [0.717, 1.165) is 42.2 Å². The molecule has 1 aliphatic carbocycles. The van der Waals surface area contributed by atoms with Gasteiger partial charge in [0.2, 0.25) is 5.91 Å². The Labute approximate surface area is 202 Å². The number of urea groups is 1. The molecule has 2 saturated heterocycles. The Morgan fingerprint density at radius 2 is 1.86 bits per heavy atom. The first kappa shape index (κ1) is 23.3. The average Bonchev–Trinajstić information content (AvgIpc) is 3.36. The molecule has 1 saturated carbocycles.